The van der Waals surface area contributed by atoms with Crippen molar-refractivity contribution in [3.8, 4) is 0 Å². The Balaban J connectivity index is 1.28. The predicted octanol–water partition coefficient (Wildman–Crippen LogP) is 4.59. The molecule has 5 nitrogen and oxygen atoms in total. The Morgan fingerprint density at radius 2 is 2.19 bits per heavy atom. The minimum Gasteiger partial charge on any atom is -0.397 e. The van der Waals surface area contributed by atoms with Crippen molar-refractivity contribution in [2.24, 2.45) is 23.2 Å². The third-order valence-electron chi connectivity index (χ3n) is 9.12. The van der Waals surface area contributed by atoms with Crippen LogP contribution in [0.15, 0.2) is 6.07 Å². The van der Waals surface area contributed by atoms with Crippen LogP contribution in [0.2, 0.25) is 0 Å². The Morgan fingerprint density at radius 1 is 1.35 bits per heavy atom. The summed E-state index contributed by atoms with van der Waals surface area (Å²) in [6.07, 6.45) is 10.4. The summed E-state index contributed by atoms with van der Waals surface area (Å²) in [5.41, 5.74) is 9.83. The van der Waals surface area contributed by atoms with Crippen molar-refractivity contribution in [2.45, 2.75) is 70.9 Å². The number of aromatic nitrogens is 1. The number of likely N-dealkylation sites (N-methyl/N-ethyl adjacent to an activating group) is 1. The number of carbonyl (C=O) groups excluding carboxylic acids is 1. The molecule has 0 saturated heterocycles. The molecule has 3 bridgehead atoms. The number of thiophene rings is 1. The molecule has 1 amide bonds. The standard InChI is InChI=1S/C25H34N4OS/c1-14(25-6-3-4-15-8-16(12-25)10-18(25)9-15)27-23(30)22-21(26)19-11-17-13-29(2)7-5-20(17)28-24(19)31-22/h11,14-16,18H,3-10,12-13,26H2,1-2H3,(H,27,30)/t14?,15?,16-,18?,25+/m1/s1. The number of anilines is 1. The number of nitrogens with two attached hydrogens (primary N) is 1. The van der Waals surface area contributed by atoms with E-state index in [0.717, 1.165) is 53.2 Å². The minimum absolute atomic E-state index is 0.000270. The first kappa shape index (κ1) is 20.0. The van der Waals surface area contributed by atoms with E-state index in [-0.39, 0.29) is 11.9 Å². The number of hydrogen-bond donors (Lipinski definition) is 2. The highest BCUT2D eigenvalue weighted by Gasteiger charge is 2.54. The third kappa shape index (κ3) is 3.12. The number of amides is 1. The first-order valence-electron chi connectivity index (χ1n) is 12.1. The quantitative estimate of drug-likeness (QED) is 0.735. The summed E-state index contributed by atoms with van der Waals surface area (Å²) in [5.74, 6) is 2.61. The van der Waals surface area contributed by atoms with Crippen LogP contribution in [0.25, 0.3) is 10.2 Å². The number of rotatable bonds is 3. The van der Waals surface area contributed by atoms with Gasteiger partial charge in [0.25, 0.3) is 5.91 Å². The van der Waals surface area contributed by atoms with E-state index < -0.39 is 0 Å². The van der Waals surface area contributed by atoms with Crippen molar-refractivity contribution in [1.29, 1.82) is 0 Å². The normalized spacial score (nSPS) is 33.3. The van der Waals surface area contributed by atoms with Gasteiger partial charge in [-0.15, -0.1) is 11.3 Å². The molecule has 2 aromatic heterocycles. The number of hydrogen-bond acceptors (Lipinski definition) is 5. The average molecular weight is 439 g/mol. The maximum absolute atomic E-state index is 13.4. The molecule has 2 aromatic rings. The average Bonchev–Trinajstić information content (AvgIpc) is 3.14. The van der Waals surface area contributed by atoms with E-state index in [4.69, 9.17) is 10.7 Å². The summed E-state index contributed by atoms with van der Waals surface area (Å²) in [4.78, 5) is 22.2. The van der Waals surface area contributed by atoms with Crippen molar-refractivity contribution < 1.29 is 4.79 Å². The van der Waals surface area contributed by atoms with E-state index in [2.05, 4.69) is 30.3 Å². The van der Waals surface area contributed by atoms with Crippen LogP contribution in [-0.4, -0.2) is 35.4 Å². The first-order valence-corrected chi connectivity index (χ1v) is 12.9. The Kier molecular flexibility index (Phi) is 4.62. The Labute approximate surface area is 188 Å². The van der Waals surface area contributed by atoms with E-state index in [1.54, 1.807) is 0 Å². The molecule has 1 aliphatic heterocycles. The van der Waals surface area contributed by atoms with Crippen LogP contribution in [0.4, 0.5) is 5.69 Å². The van der Waals surface area contributed by atoms with Crippen molar-refractivity contribution in [2.75, 3.05) is 19.3 Å². The summed E-state index contributed by atoms with van der Waals surface area (Å²) in [7, 11) is 2.14. The third-order valence-corrected chi connectivity index (χ3v) is 10.2. The van der Waals surface area contributed by atoms with E-state index in [1.165, 1.54) is 61.8 Å². The van der Waals surface area contributed by atoms with Gasteiger partial charge in [-0.1, -0.05) is 12.8 Å². The van der Waals surface area contributed by atoms with Crippen molar-refractivity contribution >= 4 is 33.1 Å². The molecule has 3 fully saturated rings. The molecule has 166 valence electrons. The highest BCUT2D eigenvalue weighted by atomic mass is 32.1. The van der Waals surface area contributed by atoms with Crippen LogP contribution < -0.4 is 11.1 Å². The Bertz CT molecular complexity index is 1050. The summed E-state index contributed by atoms with van der Waals surface area (Å²) in [5, 5.41) is 4.38. The van der Waals surface area contributed by atoms with Gasteiger partial charge < -0.3 is 16.0 Å². The molecular weight excluding hydrogens is 404 g/mol. The molecule has 6 heteroatoms. The molecule has 3 N–H and O–H groups in total. The number of nitrogen functional groups attached to an aromatic ring is 1. The van der Waals surface area contributed by atoms with Gasteiger partial charge in [0.2, 0.25) is 0 Å². The summed E-state index contributed by atoms with van der Waals surface area (Å²) in [6.45, 7) is 4.19. The van der Waals surface area contributed by atoms with Gasteiger partial charge in [0, 0.05) is 36.6 Å². The summed E-state index contributed by atoms with van der Waals surface area (Å²) >= 11 is 1.47. The highest BCUT2D eigenvalue weighted by molar-refractivity contribution is 7.21. The zero-order valence-electron chi connectivity index (χ0n) is 18.7. The number of nitrogens with zero attached hydrogens (tertiary/aromatic N) is 2. The van der Waals surface area contributed by atoms with Gasteiger partial charge in [-0.25, -0.2) is 4.98 Å². The van der Waals surface area contributed by atoms with Crippen LogP contribution in [0.3, 0.4) is 0 Å². The largest absolute Gasteiger partial charge is 0.397 e. The molecule has 31 heavy (non-hydrogen) atoms. The van der Waals surface area contributed by atoms with E-state index in [9.17, 15) is 4.79 Å². The fourth-order valence-electron chi connectivity index (χ4n) is 7.63. The zero-order valence-corrected chi connectivity index (χ0v) is 19.6. The predicted molar refractivity (Wildman–Crippen MR) is 126 cm³/mol. The first-order chi connectivity index (χ1) is 14.9. The molecule has 0 spiro atoms. The van der Waals surface area contributed by atoms with Gasteiger partial charge in [-0.2, -0.15) is 0 Å². The lowest BCUT2D eigenvalue weighted by Gasteiger charge is -2.40. The lowest BCUT2D eigenvalue weighted by molar-refractivity contribution is 0.0812. The molecule has 0 radical (unpaired) electrons. The highest BCUT2D eigenvalue weighted by Crippen LogP contribution is 2.61. The Morgan fingerprint density at radius 3 is 3.06 bits per heavy atom. The monoisotopic (exact) mass is 438 g/mol. The number of fused-ring (bicyclic) bond motifs is 4. The number of carbonyl (C=O) groups is 1. The zero-order chi connectivity index (χ0) is 21.3. The van der Waals surface area contributed by atoms with Crippen LogP contribution >= 0.6 is 11.3 Å². The van der Waals surface area contributed by atoms with E-state index in [0.29, 0.717) is 16.0 Å². The molecule has 4 aliphatic rings. The molecule has 3 unspecified atom stereocenters. The SMILES string of the molecule is CC(NC(=O)c1sc2nc3c(cc2c1N)CN(C)CC3)[C@@]12CCCC3CC1C[C@@H](C3)C2. The second-order valence-electron chi connectivity index (χ2n) is 10.9. The smallest absolute Gasteiger partial charge is 0.263 e. The molecule has 3 heterocycles. The van der Waals surface area contributed by atoms with Gasteiger partial charge in [0.15, 0.2) is 0 Å². The van der Waals surface area contributed by atoms with Gasteiger partial charge in [-0.05, 0) is 80.9 Å². The molecule has 6 rings (SSSR count). The van der Waals surface area contributed by atoms with Crippen LogP contribution in [0.5, 0.6) is 0 Å². The minimum atomic E-state index is -0.000270. The van der Waals surface area contributed by atoms with Crippen molar-refractivity contribution in [1.82, 2.24) is 15.2 Å². The van der Waals surface area contributed by atoms with Crippen molar-refractivity contribution in [3.05, 3.63) is 22.2 Å². The molecule has 3 saturated carbocycles. The maximum Gasteiger partial charge on any atom is 0.263 e. The second kappa shape index (κ2) is 7.17. The van der Waals surface area contributed by atoms with Gasteiger partial charge >= 0.3 is 0 Å². The lowest BCUT2D eigenvalue weighted by atomic mass is 9.69. The molecule has 3 aliphatic carbocycles. The molecular formula is C25H34N4OS. The number of pyridine rings is 1. The lowest BCUT2D eigenvalue weighted by Crippen LogP contribution is -2.47. The Hall–Kier alpha value is -1.66. The number of nitrogens with one attached hydrogen (secondary N) is 1. The van der Waals surface area contributed by atoms with Gasteiger partial charge in [0.05, 0.1) is 5.69 Å². The van der Waals surface area contributed by atoms with Gasteiger partial charge in [0.1, 0.15) is 9.71 Å². The molecule has 0 aromatic carbocycles. The maximum atomic E-state index is 13.4. The van der Waals surface area contributed by atoms with Gasteiger partial charge in [-0.3, -0.25) is 4.79 Å². The fraction of sp³-hybridized carbons (Fsp3) is 0.680. The summed E-state index contributed by atoms with van der Waals surface area (Å²) in [6, 6.07) is 2.37. The second-order valence-corrected chi connectivity index (χ2v) is 11.9. The van der Waals surface area contributed by atoms with E-state index >= 15 is 0 Å². The van der Waals surface area contributed by atoms with Crippen LogP contribution in [-0.2, 0) is 13.0 Å². The van der Waals surface area contributed by atoms with Crippen LogP contribution in [0, 0.1) is 23.2 Å². The van der Waals surface area contributed by atoms with Crippen molar-refractivity contribution in [3.63, 3.8) is 0 Å². The van der Waals surface area contributed by atoms with E-state index in [1.807, 2.05) is 0 Å². The molecule has 5 atom stereocenters. The fourth-order valence-corrected chi connectivity index (χ4v) is 8.63. The topological polar surface area (TPSA) is 71.2 Å². The van der Waals surface area contributed by atoms with Crippen LogP contribution in [0.1, 0.15) is 72.8 Å². The summed E-state index contributed by atoms with van der Waals surface area (Å²) < 4.78 is 0.